The Labute approximate surface area is 153 Å². The first-order chi connectivity index (χ1) is 12.3. The van der Waals surface area contributed by atoms with E-state index in [1.54, 1.807) is 0 Å². The second kappa shape index (κ2) is 8.96. The Morgan fingerprint density at radius 2 is 2.04 bits per heavy atom. The molecule has 2 aliphatic rings. The van der Waals surface area contributed by atoms with Crippen molar-refractivity contribution in [2.75, 3.05) is 13.2 Å². The van der Waals surface area contributed by atoms with Gasteiger partial charge < -0.3 is 19.7 Å². The number of aliphatic hydroxyl groups excluding tert-OH is 2. The number of carbonyl (C=O) groups is 2. The average Bonchev–Trinajstić information content (AvgIpc) is 2.85. The van der Waals surface area contributed by atoms with Gasteiger partial charge >= 0.3 is 11.9 Å². The van der Waals surface area contributed by atoms with E-state index in [1.165, 1.54) is 0 Å². The van der Waals surface area contributed by atoms with Crippen molar-refractivity contribution in [3.05, 3.63) is 47.1 Å². The molecule has 6 nitrogen and oxygen atoms in total. The topological polar surface area (TPSA) is 93.1 Å². The minimum atomic E-state index is -0.676. The standard InChI is InChI=1S/C20H26O6/c1-12-5-4-6-13(2)8-17-19(14(3)20(24)26-17)16(7-12)25-18(23)9-15(10-21)11-22/h5,8-9,16-17,19,21-22H,3-4,6-7,10-11H2,1-2H3/b12-5+,13-8+/t16-,17-,19-/m1/s1. The van der Waals surface area contributed by atoms with Gasteiger partial charge in [-0.15, -0.1) is 0 Å². The summed E-state index contributed by atoms with van der Waals surface area (Å²) in [7, 11) is 0. The molecule has 0 aromatic heterocycles. The van der Waals surface area contributed by atoms with Crippen LogP contribution in [0.1, 0.15) is 33.1 Å². The molecule has 1 heterocycles. The number of rotatable bonds is 4. The van der Waals surface area contributed by atoms with Crippen LogP contribution in [0.15, 0.2) is 47.1 Å². The van der Waals surface area contributed by atoms with E-state index in [0.29, 0.717) is 12.0 Å². The van der Waals surface area contributed by atoms with Crippen LogP contribution >= 0.6 is 0 Å². The Hall–Kier alpha value is -2.18. The van der Waals surface area contributed by atoms with Gasteiger partial charge in [0.15, 0.2) is 0 Å². The molecule has 0 bridgehead atoms. The van der Waals surface area contributed by atoms with Crippen LogP contribution in [-0.2, 0) is 19.1 Å². The lowest BCUT2D eigenvalue weighted by atomic mass is 9.85. The van der Waals surface area contributed by atoms with Gasteiger partial charge in [0.05, 0.1) is 19.1 Å². The molecule has 0 unspecified atom stereocenters. The van der Waals surface area contributed by atoms with Gasteiger partial charge in [0.1, 0.15) is 12.2 Å². The highest BCUT2D eigenvalue weighted by atomic mass is 16.6. The van der Waals surface area contributed by atoms with E-state index in [2.05, 4.69) is 12.7 Å². The quantitative estimate of drug-likeness (QED) is 0.451. The Kier molecular flexibility index (Phi) is 6.94. The molecule has 0 amide bonds. The molecule has 1 saturated heterocycles. The fourth-order valence-electron chi connectivity index (χ4n) is 3.22. The molecule has 0 aromatic rings. The number of allylic oxidation sites excluding steroid dienone is 2. The first-order valence-electron chi connectivity index (χ1n) is 8.70. The van der Waals surface area contributed by atoms with Crippen LogP contribution in [0.5, 0.6) is 0 Å². The van der Waals surface area contributed by atoms with E-state index < -0.39 is 43.3 Å². The van der Waals surface area contributed by atoms with E-state index >= 15 is 0 Å². The fourth-order valence-corrected chi connectivity index (χ4v) is 3.22. The first kappa shape index (κ1) is 20.1. The maximum Gasteiger partial charge on any atom is 0.334 e. The van der Waals surface area contributed by atoms with Gasteiger partial charge in [0.25, 0.3) is 0 Å². The van der Waals surface area contributed by atoms with Crippen LogP contribution in [0.3, 0.4) is 0 Å². The van der Waals surface area contributed by atoms with E-state index in [0.717, 1.165) is 30.1 Å². The second-order valence-corrected chi connectivity index (χ2v) is 6.82. The van der Waals surface area contributed by atoms with Crippen LogP contribution in [0.4, 0.5) is 0 Å². The van der Waals surface area contributed by atoms with Gasteiger partial charge in [-0.05, 0) is 38.3 Å². The molecule has 0 aromatic carbocycles. The smallest absolute Gasteiger partial charge is 0.334 e. The van der Waals surface area contributed by atoms with Gasteiger partial charge in [-0.3, -0.25) is 0 Å². The third-order valence-electron chi connectivity index (χ3n) is 4.66. The normalized spacial score (nSPS) is 30.2. The fraction of sp³-hybridized carbons (Fsp3) is 0.500. The Morgan fingerprint density at radius 1 is 1.35 bits per heavy atom. The number of ether oxygens (including phenoxy) is 2. The third kappa shape index (κ3) is 4.93. The van der Waals surface area contributed by atoms with Crippen molar-refractivity contribution >= 4 is 11.9 Å². The largest absolute Gasteiger partial charge is 0.458 e. The lowest BCUT2D eigenvalue weighted by Crippen LogP contribution is -2.33. The summed E-state index contributed by atoms with van der Waals surface area (Å²) in [4.78, 5) is 24.3. The molecular formula is C20H26O6. The predicted molar refractivity (Wildman–Crippen MR) is 96.0 cm³/mol. The summed E-state index contributed by atoms with van der Waals surface area (Å²) in [6, 6.07) is 0. The molecular weight excluding hydrogens is 336 g/mol. The van der Waals surface area contributed by atoms with Gasteiger partial charge in [0, 0.05) is 18.1 Å². The lowest BCUT2D eigenvalue weighted by molar-refractivity contribution is -0.146. The van der Waals surface area contributed by atoms with E-state index in [9.17, 15) is 9.59 Å². The SMILES string of the molecule is C=C1C(=O)O[C@@H]2/C=C(\C)CC/C=C(\C)C[C@@H](OC(=O)C=C(CO)CO)[C@@H]12. The van der Waals surface area contributed by atoms with Crippen LogP contribution in [0, 0.1) is 5.92 Å². The highest BCUT2D eigenvalue weighted by Crippen LogP contribution is 2.36. The molecule has 0 spiro atoms. The summed E-state index contributed by atoms with van der Waals surface area (Å²) in [5.41, 5.74) is 2.60. The molecule has 3 atom stereocenters. The van der Waals surface area contributed by atoms with Crippen molar-refractivity contribution in [3.8, 4) is 0 Å². The molecule has 6 heteroatoms. The molecule has 2 N–H and O–H groups in total. The zero-order valence-corrected chi connectivity index (χ0v) is 15.2. The van der Waals surface area contributed by atoms with Crippen molar-refractivity contribution in [3.63, 3.8) is 0 Å². The van der Waals surface area contributed by atoms with Crippen molar-refractivity contribution in [1.82, 2.24) is 0 Å². The lowest BCUT2D eigenvalue weighted by Gasteiger charge is -2.27. The maximum atomic E-state index is 12.2. The molecule has 1 fully saturated rings. The average molecular weight is 362 g/mol. The number of carbonyl (C=O) groups excluding carboxylic acids is 2. The number of fused-ring (bicyclic) bond motifs is 1. The van der Waals surface area contributed by atoms with E-state index in [-0.39, 0.29) is 5.57 Å². The first-order valence-corrected chi connectivity index (χ1v) is 8.70. The number of hydrogen-bond acceptors (Lipinski definition) is 6. The summed E-state index contributed by atoms with van der Waals surface area (Å²) in [5, 5.41) is 18.2. The Morgan fingerprint density at radius 3 is 2.69 bits per heavy atom. The molecule has 2 rings (SSSR count). The number of aliphatic hydroxyl groups is 2. The summed E-state index contributed by atoms with van der Waals surface area (Å²) in [6.45, 7) is 6.91. The van der Waals surface area contributed by atoms with Gasteiger partial charge in [0.2, 0.25) is 0 Å². The summed E-state index contributed by atoms with van der Waals surface area (Å²) >= 11 is 0. The second-order valence-electron chi connectivity index (χ2n) is 6.82. The van der Waals surface area contributed by atoms with E-state index in [4.69, 9.17) is 19.7 Å². The van der Waals surface area contributed by atoms with Crippen LogP contribution in [0.2, 0.25) is 0 Å². The van der Waals surface area contributed by atoms with Crippen molar-refractivity contribution in [1.29, 1.82) is 0 Å². The zero-order valence-electron chi connectivity index (χ0n) is 15.2. The zero-order chi connectivity index (χ0) is 19.3. The van der Waals surface area contributed by atoms with Crippen LogP contribution in [-0.4, -0.2) is 47.6 Å². The highest BCUT2D eigenvalue weighted by Gasteiger charge is 2.44. The van der Waals surface area contributed by atoms with Crippen molar-refractivity contribution < 1.29 is 29.3 Å². The summed E-state index contributed by atoms with van der Waals surface area (Å²) in [6.07, 6.45) is 6.12. The molecule has 26 heavy (non-hydrogen) atoms. The molecule has 142 valence electrons. The minimum Gasteiger partial charge on any atom is -0.458 e. The number of esters is 2. The third-order valence-corrected chi connectivity index (χ3v) is 4.66. The molecule has 0 saturated carbocycles. The minimum absolute atomic E-state index is 0.159. The van der Waals surface area contributed by atoms with Gasteiger partial charge in [-0.25, -0.2) is 9.59 Å². The van der Waals surface area contributed by atoms with Crippen molar-refractivity contribution in [2.24, 2.45) is 5.92 Å². The Balaban J connectivity index is 2.33. The van der Waals surface area contributed by atoms with Crippen molar-refractivity contribution in [2.45, 2.75) is 45.3 Å². The Bertz CT molecular complexity index is 664. The number of hydrogen-bond donors (Lipinski definition) is 2. The molecule has 1 aliphatic heterocycles. The van der Waals surface area contributed by atoms with Crippen LogP contribution < -0.4 is 0 Å². The molecule has 1 aliphatic carbocycles. The molecule has 0 radical (unpaired) electrons. The monoisotopic (exact) mass is 362 g/mol. The van der Waals surface area contributed by atoms with Crippen LogP contribution in [0.25, 0.3) is 0 Å². The van der Waals surface area contributed by atoms with Gasteiger partial charge in [-0.1, -0.05) is 23.8 Å². The van der Waals surface area contributed by atoms with Gasteiger partial charge in [-0.2, -0.15) is 0 Å². The summed E-state index contributed by atoms with van der Waals surface area (Å²) < 4.78 is 11.0. The summed E-state index contributed by atoms with van der Waals surface area (Å²) in [5.74, 6) is -1.62. The maximum absolute atomic E-state index is 12.2. The van der Waals surface area contributed by atoms with E-state index in [1.807, 2.05) is 19.9 Å². The predicted octanol–water partition coefficient (Wildman–Crippen LogP) is 1.98. The highest BCUT2D eigenvalue weighted by molar-refractivity contribution is 5.91.